The largest absolute Gasteiger partial charge is 0.417 e. The lowest BCUT2D eigenvalue weighted by Gasteiger charge is -2.15. The first kappa shape index (κ1) is 14.1. The molecule has 0 N–H and O–H groups in total. The standard InChI is InChI=1S/C16H12F3N/c1-10-7-12(9-20)14(8-11(10)2)13-5-3-4-6-15(13)16(17,18)19/h3-8H,1-2H3. The number of nitrogens with zero attached hydrogens (tertiary/aromatic N) is 1. The maximum atomic E-state index is 13.1. The number of benzene rings is 2. The summed E-state index contributed by atoms with van der Waals surface area (Å²) in [6, 6.07) is 10.6. The summed E-state index contributed by atoms with van der Waals surface area (Å²) in [6.07, 6.45) is -4.44. The van der Waals surface area contributed by atoms with E-state index in [-0.39, 0.29) is 11.1 Å². The number of aryl methyl sites for hydroxylation is 2. The maximum absolute atomic E-state index is 13.1. The van der Waals surface area contributed by atoms with Crippen molar-refractivity contribution >= 4 is 0 Å². The van der Waals surface area contributed by atoms with Crippen LogP contribution in [-0.4, -0.2) is 0 Å². The van der Waals surface area contributed by atoms with Crippen LogP contribution in [0.2, 0.25) is 0 Å². The number of rotatable bonds is 1. The normalized spacial score (nSPS) is 11.2. The van der Waals surface area contributed by atoms with E-state index in [1.165, 1.54) is 12.1 Å². The molecular weight excluding hydrogens is 263 g/mol. The molecule has 0 aromatic heterocycles. The van der Waals surface area contributed by atoms with Crippen molar-refractivity contribution in [1.29, 1.82) is 5.26 Å². The van der Waals surface area contributed by atoms with Crippen LogP contribution in [0.15, 0.2) is 36.4 Å². The van der Waals surface area contributed by atoms with Crippen molar-refractivity contribution in [3.63, 3.8) is 0 Å². The highest BCUT2D eigenvalue weighted by Crippen LogP contribution is 2.38. The minimum Gasteiger partial charge on any atom is -0.192 e. The second-order valence-corrected chi connectivity index (χ2v) is 4.64. The fourth-order valence-corrected chi connectivity index (χ4v) is 2.10. The molecule has 0 saturated heterocycles. The molecular formula is C16H12F3N. The van der Waals surface area contributed by atoms with E-state index in [2.05, 4.69) is 0 Å². The summed E-state index contributed by atoms with van der Waals surface area (Å²) in [4.78, 5) is 0. The first-order valence-electron chi connectivity index (χ1n) is 6.02. The highest BCUT2D eigenvalue weighted by atomic mass is 19.4. The lowest BCUT2D eigenvalue weighted by Crippen LogP contribution is -2.07. The summed E-state index contributed by atoms with van der Waals surface area (Å²) in [5, 5.41) is 9.16. The van der Waals surface area contributed by atoms with Gasteiger partial charge in [-0.15, -0.1) is 0 Å². The molecule has 2 aromatic rings. The average Bonchev–Trinajstić information content (AvgIpc) is 2.40. The molecule has 0 fully saturated rings. The van der Waals surface area contributed by atoms with Crippen LogP contribution in [0.5, 0.6) is 0 Å². The third-order valence-electron chi connectivity index (χ3n) is 3.28. The summed E-state index contributed by atoms with van der Waals surface area (Å²) in [7, 11) is 0. The third-order valence-corrected chi connectivity index (χ3v) is 3.28. The average molecular weight is 275 g/mol. The van der Waals surface area contributed by atoms with Gasteiger partial charge < -0.3 is 0 Å². The minimum atomic E-state index is -4.44. The molecule has 4 heteroatoms. The number of nitriles is 1. The topological polar surface area (TPSA) is 23.8 Å². The van der Waals surface area contributed by atoms with Gasteiger partial charge in [0.1, 0.15) is 0 Å². The SMILES string of the molecule is Cc1cc(C#N)c(-c2ccccc2C(F)(F)F)cc1C. The smallest absolute Gasteiger partial charge is 0.192 e. The molecule has 1 nitrogen and oxygen atoms in total. The van der Waals surface area contributed by atoms with Crippen molar-refractivity contribution < 1.29 is 13.2 Å². The van der Waals surface area contributed by atoms with E-state index < -0.39 is 11.7 Å². The van der Waals surface area contributed by atoms with Gasteiger partial charge in [0.2, 0.25) is 0 Å². The highest BCUT2D eigenvalue weighted by Gasteiger charge is 2.33. The molecule has 0 aliphatic rings. The Kier molecular flexibility index (Phi) is 3.54. The van der Waals surface area contributed by atoms with Gasteiger partial charge in [-0.05, 0) is 48.7 Å². The van der Waals surface area contributed by atoms with Gasteiger partial charge in [-0.25, -0.2) is 0 Å². The Hall–Kier alpha value is -2.28. The second kappa shape index (κ2) is 5.01. The molecule has 0 saturated carbocycles. The molecule has 20 heavy (non-hydrogen) atoms. The first-order valence-corrected chi connectivity index (χ1v) is 6.02. The molecule has 2 aromatic carbocycles. The third kappa shape index (κ3) is 2.53. The minimum absolute atomic E-state index is 0.0413. The molecule has 0 heterocycles. The summed E-state index contributed by atoms with van der Waals surface area (Å²) in [5.41, 5.74) is 1.64. The number of hydrogen-bond acceptors (Lipinski definition) is 1. The molecule has 2 rings (SSSR count). The van der Waals surface area contributed by atoms with Gasteiger partial charge in [0, 0.05) is 5.56 Å². The molecule has 0 aliphatic carbocycles. The quantitative estimate of drug-likeness (QED) is 0.729. The van der Waals surface area contributed by atoms with Crippen LogP contribution in [-0.2, 0) is 6.18 Å². The molecule has 0 radical (unpaired) electrons. The van der Waals surface area contributed by atoms with Crippen molar-refractivity contribution in [1.82, 2.24) is 0 Å². The molecule has 0 amide bonds. The van der Waals surface area contributed by atoms with Gasteiger partial charge in [-0.2, -0.15) is 18.4 Å². The zero-order valence-corrected chi connectivity index (χ0v) is 11.0. The zero-order chi connectivity index (χ0) is 14.9. The van der Waals surface area contributed by atoms with Crippen LogP contribution < -0.4 is 0 Å². The number of halogens is 3. The van der Waals surface area contributed by atoms with Gasteiger partial charge in [0.15, 0.2) is 0 Å². The van der Waals surface area contributed by atoms with E-state index in [0.717, 1.165) is 17.2 Å². The summed E-state index contributed by atoms with van der Waals surface area (Å²) >= 11 is 0. The van der Waals surface area contributed by atoms with Crippen LogP contribution in [0, 0.1) is 25.2 Å². The van der Waals surface area contributed by atoms with E-state index in [1.807, 2.05) is 19.9 Å². The van der Waals surface area contributed by atoms with Crippen LogP contribution in [0.3, 0.4) is 0 Å². The van der Waals surface area contributed by atoms with Crippen molar-refractivity contribution in [2.45, 2.75) is 20.0 Å². The zero-order valence-electron chi connectivity index (χ0n) is 11.0. The number of hydrogen-bond donors (Lipinski definition) is 0. The predicted molar refractivity (Wildman–Crippen MR) is 71.1 cm³/mol. The Morgan fingerprint density at radius 2 is 1.55 bits per heavy atom. The molecule has 0 spiro atoms. The summed E-state index contributed by atoms with van der Waals surface area (Å²) in [5.74, 6) is 0. The van der Waals surface area contributed by atoms with Crippen molar-refractivity contribution in [3.8, 4) is 17.2 Å². The second-order valence-electron chi connectivity index (χ2n) is 4.64. The maximum Gasteiger partial charge on any atom is 0.417 e. The van der Waals surface area contributed by atoms with E-state index in [4.69, 9.17) is 5.26 Å². The first-order chi connectivity index (χ1) is 9.34. The van der Waals surface area contributed by atoms with Gasteiger partial charge >= 0.3 is 6.18 Å². The fraction of sp³-hybridized carbons (Fsp3) is 0.188. The van der Waals surface area contributed by atoms with Gasteiger partial charge in [-0.3, -0.25) is 0 Å². The van der Waals surface area contributed by atoms with E-state index in [9.17, 15) is 13.2 Å². The van der Waals surface area contributed by atoms with Gasteiger partial charge in [-0.1, -0.05) is 18.2 Å². The van der Waals surface area contributed by atoms with Crippen LogP contribution in [0.25, 0.3) is 11.1 Å². The Labute approximate surface area is 115 Å². The fourth-order valence-electron chi connectivity index (χ4n) is 2.10. The molecule has 0 atom stereocenters. The Balaban J connectivity index is 2.76. The van der Waals surface area contributed by atoms with E-state index >= 15 is 0 Å². The van der Waals surface area contributed by atoms with Crippen LogP contribution in [0.1, 0.15) is 22.3 Å². The molecule has 0 bridgehead atoms. The lowest BCUT2D eigenvalue weighted by molar-refractivity contribution is -0.137. The van der Waals surface area contributed by atoms with Gasteiger partial charge in [0.05, 0.1) is 17.2 Å². The number of alkyl halides is 3. The van der Waals surface area contributed by atoms with E-state index in [0.29, 0.717) is 5.56 Å². The summed E-state index contributed by atoms with van der Waals surface area (Å²) in [6.45, 7) is 3.64. The van der Waals surface area contributed by atoms with Crippen molar-refractivity contribution in [3.05, 3.63) is 58.7 Å². The van der Waals surface area contributed by atoms with Crippen LogP contribution >= 0.6 is 0 Å². The Morgan fingerprint density at radius 3 is 2.15 bits per heavy atom. The van der Waals surface area contributed by atoms with Crippen molar-refractivity contribution in [2.75, 3.05) is 0 Å². The van der Waals surface area contributed by atoms with Gasteiger partial charge in [0.25, 0.3) is 0 Å². The predicted octanol–water partition coefficient (Wildman–Crippen LogP) is 4.86. The molecule has 102 valence electrons. The van der Waals surface area contributed by atoms with E-state index in [1.54, 1.807) is 18.2 Å². The van der Waals surface area contributed by atoms with Crippen molar-refractivity contribution in [2.24, 2.45) is 0 Å². The molecule has 0 unspecified atom stereocenters. The Bertz CT molecular complexity index is 694. The highest BCUT2D eigenvalue weighted by molar-refractivity contribution is 5.75. The Morgan fingerprint density at radius 1 is 0.950 bits per heavy atom. The monoisotopic (exact) mass is 275 g/mol. The van der Waals surface area contributed by atoms with Crippen LogP contribution in [0.4, 0.5) is 13.2 Å². The summed E-state index contributed by atoms with van der Waals surface area (Å²) < 4.78 is 39.2. The lowest BCUT2D eigenvalue weighted by atomic mass is 9.92. The molecule has 0 aliphatic heterocycles.